The third-order valence-corrected chi connectivity index (χ3v) is 6.54. The van der Waals surface area contributed by atoms with Crippen molar-refractivity contribution >= 4 is 32.8 Å². The summed E-state index contributed by atoms with van der Waals surface area (Å²) >= 11 is 7.58. The fourth-order valence-corrected chi connectivity index (χ4v) is 3.71. The summed E-state index contributed by atoms with van der Waals surface area (Å²) in [6, 6.07) is 1.51. The Morgan fingerprint density at radius 2 is 2.12 bits per heavy atom. The van der Waals surface area contributed by atoms with Crippen LogP contribution in [0.4, 0.5) is 0 Å². The van der Waals surface area contributed by atoms with Crippen LogP contribution in [0, 0.1) is 0 Å². The summed E-state index contributed by atoms with van der Waals surface area (Å²) in [6.07, 6.45) is 1.26. The average molecular weight is 296 g/mol. The maximum Gasteiger partial charge on any atom is 0.154 e. The third-order valence-electron chi connectivity index (χ3n) is 2.97. The van der Waals surface area contributed by atoms with Crippen LogP contribution in [-0.4, -0.2) is 26.0 Å². The molecule has 98 valence electrons. The number of halogens is 1. The highest BCUT2D eigenvalue weighted by atomic mass is 35.5. The first-order chi connectivity index (χ1) is 7.71. The van der Waals surface area contributed by atoms with E-state index in [4.69, 9.17) is 11.6 Å². The van der Waals surface area contributed by atoms with Crippen molar-refractivity contribution in [2.24, 2.45) is 0 Å². The Labute approximate surface area is 112 Å². The lowest BCUT2D eigenvalue weighted by Gasteiger charge is -2.32. The lowest BCUT2D eigenvalue weighted by molar-refractivity contribution is 0.433. The van der Waals surface area contributed by atoms with Gasteiger partial charge in [-0.05, 0) is 31.8 Å². The Morgan fingerprint density at radius 1 is 1.53 bits per heavy atom. The summed E-state index contributed by atoms with van der Waals surface area (Å²) < 4.78 is 22.9. The quantitative estimate of drug-likeness (QED) is 0.908. The summed E-state index contributed by atoms with van der Waals surface area (Å²) in [6.45, 7) is 6.10. The highest BCUT2D eigenvalue weighted by Crippen LogP contribution is 2.38. The lowest BCUT2D eigenvalue weighted by atomic mass is 10.0. The molecule has 1 heterocycles. The van der Waals surface area contributed by atoms with Crippen molar-refractivity contribution in [2.75, 3.05) is 12.8 Å². The van der Waals surface area contributed by atoms with Crippen molar-refractivity contribution in [1.29, 1.82) is 0 Å². The molecule has 17 heavy (non-hydrogen) atoms. The van der Waals surface area contributed by atoms with Crippen LogP contribution < -0.4 is 5.32 Å². The Kier molecular flexibility index (Phi) is 4.63. The van der Waals surface area contributed by atoms with Crippen molar-refractivity contribution in [1.82, 2.24) is 5.32 Å². The molecule has 0 aliphatic heterocycles. The first-order valence-electron chi connectivity index (χ1n) is 5.37. The van der Waals surface area contributed by atoms with Gasteiger partial charge < -0.3 is 5.32 Å². The van der Waals surface area contributed by atoms with Gasteiger partial charge in [-0.15, -0.1) is 11.3 Å². The molecule has 1 unspecified atom stereocenters. The van der Waals surface area contributed by atoms with E-state index < -0.39 is 14.6 Å². The largest absolute Gasteiger partial charge is 0.308 e. The second-order valence-corrected chi connectivity index (χ2v) is 8.45. The molecule has 1 N–H and O–H groups in total. The van der Waals surface area contributed by atoms with Crippen molar-refractivity contribution in [3.8, 4) is 0 Å². The molecule has 1 atom stereocenters. The minimum absolute atomic E-state index is 0.282. The Hall–Kier alpha value is -0.100. The highest BCUT2D eigenvalue weighted by molar-refractivity contribution is 7.92. The van der Waals surface area contributed by atoms with E-state index in [0.717, 1.165) is 4.88 Å². The molecule has 0 bridgehead atoms. The molecule has 3 nitrogen and oxygen atoms in total. The minimum Gasteiger partial charge on any atom is -0.308 e. The van der Waals surface area contributed by atoms with Crippen molar-refractivity contribution in [3.63, 3.8) is 0 Å². The van der Waals surface area contributed by atoms with Gasteiger partial charge in [0.25, 0.3) is 0 Å². The van der Waals surface area contributed by atoms with E-state index in [1.54, 1.807) is 19.9 Å². The predicted octanol–water partition coefficient (Wildman–Crippen LogP) is 2.88. The van der Waals surface area contributed by atoms with Gasteiger partial charge in [-0.1, -0.05) is 18.5 Å². The van der Waals surface area contributed by atoms with Gasteiger partial charge in [0.2, 0.25) is 0 Å². The molecular weight excluding hydrogens is 278 g/mol. The first-order valence-corrected chi connectivity index (χ1v) is 8.52. The maximum atomic E-state index is 11.9. The van der Waals surface area contributed by atoms with Gasteiger partial charge >= 0.3 is 0 Å². The van der Waals surface area contributed by atoms with E-state index in [0.29, 0.717) is 11.6 Å². The summed E-state index contributed by atoms with van der Waals surface area (Å²) in [7, 11) is -3.18. The van der Waals surface area contributed by atoms with Gasteiger partial charge in [-0.25, -0.2) is 8.42 Å². The molecular formula is C11H18ClNO2S2. The molecule has 6 heteroatoms. The number of hydrogen-bond acceptors (Lipinski definition) is 4. The SMILES string of the molecule is CCNC(c1sccc1Cl)C(C)(C)S(C)(=O)=O. The van der Waals surface area contributed by atoms with Gasteiger partial charge in [0.05, 0.1) is 15.8 Å². The van der Waals surface area contributed by atoms with Crippen molar-refractivity contribution in [2.45, 2.75) is 31.6 Å². The van der Waals surface area contributed by atoms with Gasteiger partial charge in [-0.2, -0.15) is 0 Å². The molecule has 0 aromatic carbocycles. The number of hydrogen-bond donors (Lipinski definition) is 1. The normalized spacial score (nSPS) is 14.9. The molecule has 0 amide bonds. The van der Waals surface area contributed by atoms with E-state index in [1.165, 1.54) is 17.6 Å². The second kappa shape index (κ2) is 5.26. The van der Waals surface area contributed by atoms with E-state index in [9.17, 15) is 8.42 Å². The lowest BCUT2D eigenvalue weighted by Crippen LogP contribution is -2.44. The molecule has 1 rings (SSSR count). The number of thiophene rings is 1. The first kappa shape index (κ1) is 15.0. The Balaban J connectivity index is 3.24. The van der Waals surface area contributed by atoms with E-state index in [2.05, 4.69) is 5.32 Å². The fourth-order valence-electron chi connectivity index (χ4n) is 1.58. The average Bonchev–Trinajstić information content (AvgIpc) is 2.58. The second-order valence-electron chi connectivity index (χ2n) is 4.50. The molecule has 0 aliphatic carbocycles. The molecule has 0 saturated carbocycles. The monoisotopic (exact) mass is 295 g/mol. The van der Waals surface area contributed by atoms with Crippen LogP contribution in [0.5, 0.6) is 0 Å². The van der Waals surface area contributed by atoms with Crippen molar-refractivity contribution in [3.05, 3.63) is 21.3 Å². The molecule has 1 aromatic rings. The summed E-state index contributed by atoms with van der Waals surface area (Å²) in [5.41, 5.74) is 0. The van der Waals surface area contributed by atoms with Crippen LogP contribution in [0.3, 0.4) is 0 Å². The van der Waals surface area contributed by atoms with Gasteiger partial charge in [-0.3, -0.25) is 0 Å². The standard InChI is InChI=1S/C11H18ClNO2S2/c1-5-13-10(9-8(12)6-7-16-9)11(2,3)17(4,14)15/h6-7,10,13H,5H2,1-4H3. The third kappa shape index (κ3) is 3.02. The molecule has 0 radical (unpaired) electrons. The summed E-state index contributed by atoms with van der Waals surface area (Å²) in [5.74, 6) is 0. The zero-order chi connectivity index (χ0) is 13.3. The zero-order valence-corrected chi connectivity index (χ0v) is 12.8. The maximum absolute atomic E-state index is 11.9. The van der Waals surface area contributed by atoms with Gasteiger partial charge in [0.15, 0.2) is 9.84 Å². The number of rotatable bonds is 5. The van der Waals surface area contributed by atoms with E-state index >= 15 is 0 Å². The molecule has 0 spiro atoms. The van der Waals surface area contributed by atoms with E-state index in [1.807, 2.05) is 12.3 Å². The fraction of sp³-hybridized carbons (Fsp3) is 0.636. The summed E-state index contributed by atoms with van der Waals surface area (Å²) in [5, 5.41) is 5.72. The van der Waals surface area contributed by atoms with E-state index in [-0.39, 0.29) is 6.04 Å². The van der Waals surface area contributed by atoms with Crippen LogP contribution in [0.2, 0.25) is 5.02 Å². The van der Waals surface area contributed by atoms with Crippen molar-refractivity contribution < 1.29 is 8.42 Å². The topological polar surface area (TPSA) is 46.2 Å². The minimum atomic E-state index is -3.18. The van der Waals surface area contributed by atoms with Gasteiger partial charge in [0.1, 0.15) is 0 Å². The number of sulfone groups is 1. The van der Waals surface area contributed by atoms with Crippen LogP contribution in [0.15, 0.2) is 11.4 Å². The smallest absolute Gasteiger partial charge is 0.154 e. The van der Waals surface area contributed by atoms with Crippen LogP contribution in [0.25, 0.3) is 0 Å². The summed E-state index contributed by atoms with van der Waals surface area (Å²) in [4.78, 5) is 0.879. The highest BCUT2D eigenvalue weighted by Gasteiger charge is 2.40. The zero-order valence-electron chi connectivity index (χ0n) is 10.5. The predicted molar refractivity (Wildman–Crippen MR) is 74.7 cm³/mol. The van der Waals surface area contributed by atoms with Crippen LogP contribution >= 0.6 is 22.9 Å². The Morgan fingerprint density at radius 3 is 2.47 bits per heavy atom. The number of nitrogens with one attached hydrogen (secondary N) is 1. The molecule has 0 fully saturated rings. The molecule has 1 aromatic heterocycles. The molecule has 0 aliphatic rings. The molecule has 0 saturated heterocycles. The Bertz CT molecular complexity index is 479. The van der Waals surface area contributed by atoms with Crippen LogP contribution in [-0.2, 0) is 9.84 Å². The van der Waals surface area contributed by atoms with Gasteiger partial charge in [0, 0.05) is 11.1 Å². The van der Waals surface area contributed by atoms with Crippen LogP contribution in [0.1, 0.15) is 31.7 Å².